The lowest BCUT2D eigenvalue weighted by Crippen LogP contribution is -2.38. The summed E-state index contributed by atoms with van der Waals surface area (Å²) in [6, 6.07) is 23.0. The van der Waals surface area contributed by atoms with Crippen LogP contribution in [0, 0.1) is 0 Å². The Morgan fingerprint density at radius 1 is 1.03 bits per heavy atom. The summed E-state index contributed by atoms with van der Waals surface area (Å²) in [7, 11) is 1.57. The van der Waals surface area contributed by atoms with Crippen LogP contribution in [0.3, 0.4) is 0 Å². The largest absolute Gasteiger partial charge is 0.497 e. The van der Waals surface area contributed by atoms with E-state index in [1.54, 1.807) is 31.4 Å². The predicted molar refractivity (Wildman–Crippen MR) is 136 cm³/mol. The van der Waals surface area contributed by atoms with Crippen molar-refractivity contribution >= 4 is 28.5 Å². The smallest absolute Gasteiger partial charge is 0.251 e. The van der Waals surface area contributed by atoms with Gasteiger partial charge in [-0.3, -0.25) is 9.59 Å². The van der Waals surface area contributed by atoms with Gasteiger partial charge in [-0.15, -0.1) is 0 Å². The molecule has 2 amide bonds. The number of benzene rings is 3. The molecule has 1 N–H and O–H groups in total. The number of para-hydroxylation sites is 3. The summed E-state index contributed by atoms with van der Waals surface area (Å²) >= 11 is 0. The molecule has 0 spiro atoms. The number of anilines is 1. The first-order chi connectivity index (χ1) is 17.1. The summed E-state index contributed by atoms with van der Waals surface area (Å²) in [5, 5.41) is 2.96. The third-order valence-corrected chi connectivity index (χ3v) is 6.40. The zero-order chi connectivity index (χ0) is 24.2. The first-order valence-corrected chi connectivity index (χ1v) is 11.9. The number of rotatable bonds is 7. The molecule has 0 unspecified atom stereocenters. The fraction of sp³-hybridized carbons (Fsp3) is 0.250. The van der Waals surface area contributed by atoms with Crippen LogP contribution in [0.1, 0.15) is 28.2 Å². The van der Waals surface area contributed by atoms with Crippen LogP contribution in [0.4, 0.5) is 5.69 Å². The molecular formula is C28H28N4O3. The van der Waals surface area contributed by atoms with Gasteiger partial charge in [-0.2, -0.15) is 0 Å². The van der Waals surface area contributed by atoms with E-state index in [-0.39, 0.29) is 18.4 Å². The van der Waals surface area contributed by atoms with Gasteiger partial charge in [-0.25, -0.2) is 4.98 Å². The molecule has 7 heteroatoms. The van der Waals surface area contributed by atoms with Crippen LogP contribution >= 0.6 is 0 Å². The van der Waals surface area contributed by atoms with Crippen molar-refractivity contribution in [1.29, 1.82) is 0 Å². The monoisotopic (exact) mass is 468 g/mol. The fourth-order valence-electron chi connectivity index (χ4n) is 4.66. The summed E-state index contributed by atoms with van der Waals surface area (Å²) in [5.41, 5.74) is 4.51. The van der Waals surface area contributed by atoms with Gasteiger partial charge in [0.25, 0.3) is 5.91 Å². The Bertz CT molecular complexity index is 1380. The number of carbonyl (C=O) groups excluding carboxylic acids is 2. The van der Waals surface area contributed by atoms with Gasteiger partial charge in [-0.1, -0.05) is 36.4 Å². The molecule has 0 bridgehead atoms. The van der Waals surface area contributed by atoms with Gasteiger partial charge < -0.3 is 19.5 Å². The molecule has 35 heavy (non-hydrogen) atoms. The number of aromatic nitrogens is 2. The number of hydrogen-bond acceptors (Lipinski definition) is 4. The van der Waals surface area contributed by atoms with Gasteiger partial charge in [0.2, 0.25) is 5.91 Å². The van der Waals surface area contributed by atoms with Gasteiger partial charge in [0, 0.05) is 30.8 Å². The van der Waals surface area contributed by atoms with Crippen molar-refractivity contribution in [2.45, 2.75) is 25.8 Å². The molecule has 4 aromatic rings. The second-order valence-electron chi connectivity index (χ2n) is 8.62. The lowest BCUT2D eigenvalue weighted by atomic mass is 10.0. The number of imidazole rings is 1. The van der Waals surface area contributed by atoms with Crippen LogP contribution in [0.2, 0.25) is 0 Å². The highest BCUT2D eigenvalue weighted by atomic mass is 16.5. The minimum Gasteiger partial charge on any atom is -0.497 e. The number of methoxy groups -OCH3 is 1. The van der Waals surface area contributed by atoms with Gasteiger partial charge >= 0.3 is 0 Å². The van der Waals surface area contributed by atoms with E-state index in [1.165, 1.54) is 5.56 Å². The zero-order valence-electron chi connectivity index (χ0n) is 19.7. The Balaban J connectivity index is 1.33. The van der Waals surface area contributed by atoms with Gasteiger partial charge in [0.05, 0.1) is 18.1 Å². The number of nitrogens with zero attached hydrogens (tertiary/aromatic N) is 3. The quantitative estimate of drug-likeness (QED) is 0.445. The van der Waals surface area contributed by atoms with Crippen LogP contribution in [0.5, 0.6) is 5.75 Å². The van der Waals surface area contributed by atoms with Gasteiger partial charge in [0.15, 0.2) is 0 Å². The molecule has 0 saturated heterocycles. The van der Waals surface area contributed by atoms with Crippen LogP contribution in [0.15, 0.2) is 72.8 Å². The highest BCUT2D eigenvalue weighted by molar-refractivity contribution is 5.95. The molecule has 2 heterocycles. The lowest BCUT2D eigenvalue weighted by Gasteiger charge is -2.29. The first-order valence-electron chi connectivity index (χ1n) is 11.9. The number of nitrogens with one attached hydrogen (secondary N) is 1. The number of ether oxygens (including phenoxy) is 1. The third-order valence-electron chi connectivity index (χ3n) is 6.40. The summed E-state index contributed by atoms with van der Waals surface area (Å²) in [4.78, 5) is 32.7. The van der Waals surface area contributed by atoms with Crippen LogP contribution in [-0.2, 0) is 24.2 Å². The van der Waals surface area contributed by atoms with Crippen LogP contribution in [0.25, 0.3) is 11.0 Å². The molecule has 1 aliphatic rings. The molecule has 0 saturated carbocycles. The Labute approximate surface area is 204 Å². The van der Waals surface area contributed by atoms with Crippen molar-refractivity contribution < 1.29 is 14.3 Å². The number of carbonyl (C=O) groups is 2. The van der Waals surface area contributed by atoms with Crippen molar-refractivity contribution in [3.63, 3.8) is 0 Å². The van der Waals surface area contributed by atoms with Crippen molar-refractivity contribution in [2.75, 3.05) is 25.1 Å². The molecule has 178 valence electrons. The Kier molecular flexibility index (Phi) is 6.48. The van der Waals surface area contributed by atoms with Crippen molar-refractivity contribution in [2.24, 2.45) is 0 Å². The molecule has 0 atom stereocenters. The minimum absolute atomic E-state index is 0.0435. The molecule has 7 nitrogen and oxygen atoms in total. The Hall–Kier alpha value is -4.13. The molecule has 5 rings (SSSR count). The van der Waals surface area contributed by atoms with E-state index in [0.29, 0.717) is 30.8 Å². The molecule has 0 aliphatic carbocycles. The summed E-state index contributed by atoms with van der Waals surface area (Å²) in [6.45, 7) is 1.32. The average molecular weight is 469 g/mol. The summed E-state index contributed by atoms with van der Waals surface area (Å²) < 4.78 is 7.19. The van der Waals surface area contributed by atoms with E-state index in [1.807, 2.05) is 51.9 Å². The SMILES string of the molecule is COc1cccc(C(=O)NCCc2nc3ccccc3n2CC(=O)N2CCCc3ccccc32)c1. The maximum absolute atomic E-state index is 13.4. The standard InChI is InChI=1S/C28H28N4O3/c1-35-22-11-6-9-21(18-22)28(34)29-16-15-26-30-23-12-3-5-14-25(23)32(26)19-27(33)31-17-7-10-20-8-2-4-13-24(20)31/h2-6,8-9,11-14,18H,7,10,15-17,19H2,1H3,(H,29,34). The number of hydrogen-bond donors (Lipinski definition) is 1. The third kappa shape index (κ3) is 4.75. The number of aryl methyl sites for hydroxylation is 1. The highest BCUT2D eigenvalue weighted by Gasteiger charge is 2.24. The topological polar surface area (TPSA) is 76.5 Å². The normalized spacial score (nSPS) is 12.9. The molecule has 3 aromatic carbocycles. The Morgan fingerprint density at radius 2 is 1.86 bits per heavy atom. The maximum atomic E-state index is 13.4. The second-order valence-corrected chi connectivity index (χ2v) is 8.62. The average Bonchev–Trinajstić information content (AvgIpc) is 3.25. The maximum Gasteiger partial charge on any atom is 0.251 e. The van der Waals surface area contributed by atoms with Crippen LogP contribution < -0.4 is 15.0 Å². The number of fused-ring (bicyclic) bond motifs is 2. The molecule has 1 aliphatic heterocycles. The first kappa shape index (κ1) is 22.7. The van der Waals surface area contributed by atoms with Crippen LogP contribution in [-0.4, -0.2) is 41.6 Å². The molecule has 1 aromatic heterocycles. The van der Waals surface area contributed by atoms with E-state index in [9.17, 15) is 9.59 Å². The van der Waals surface area contributed by atoms with E-state index in [4.69, 9.17) is 9.72 Å². The second kappa shape index (κ2) is 10.0. The molecule has 0 fully saturated rings. The van der Waals surface area contributed by atoms with E-state index >= 15 is 0 Å². The highest BCUT2D eigenvalue weighted by Crippen LogP contribution is 2.27. The van der Waals surface area contributed by atoms with Crippen molar-refractivity contribution in [1.82, 2.24) is 14.9 Å². The molecule has 0 radical (unpaired) electrons. The van der Waals surface area contributed by atoms with Crippen molar-refractivity contribution in [3.8, 4) is 5.75 Å². The van der Waals surface area contributed by atoms with E-state index < -0.39 is 0 Å². The minimum atomic E-state index is -0.174. The zero-order valence-corrected chi connectivity index (χ0v) is 19.7. The summed E-state index contributed by atoms with van der Waals surface area (Å²) in [5.74, 6) is 1.28. The number of amides is 2. The lowest BCUT2D eigenvalue weighted by molar-refractivity contribution is -0.119. The predicted octanol–water partition coefficient (Wildman–Crippen LogP) is 4.00. The van der Waals surface area contributed by atoms with E-state index in [2.05, 4.69) is 11.4 Å². The fourth-order valence-corrected chi connectivity index (χ4v) is 4.66. The van der Waals surface area contributed by atoms with E-state index in [0.717, 1.165) is 35.4 Å². The molecular weight excluding hydrogens is 440 g/mol. The summed E-state index contributed by atoms with van der Waals surface area (Å²) in [6.07, 6.45) is 2.46. The Morgan fingerprint density at radius 3 is 2.74 bits per heavy atom. The van der Waals surface area contributed by atoms with Crippen molar-refractivity contribution in [3.05, 3.63) is 89.7 Å². The van der Waals surface area contributed by atoms with Gasteiger partial charge in [-0.05, 0) is 54.8 Å². The van der Waals surface area contributed by atoms with Gasteiger partial charge in [0.1, 0.15) is 18.1 Å².